The van der Waals surface area contributed by atoms with E-state index in [2.05, 4.69) is 5.10 Å². The molecule has 10 heteroatoms. The number of pyridine rings is 1. The number of hydrogen-bond acceptors (Lipinski definition) is 5. The lowest BCUT2D eigenvalue weighted by Gasteiger charge is -2.48. The van der Waals surface area contributed by atoms with Crippen molar-refractivity contribution in [1.29, 1.82) is 0 Å². The van der Waals surface area contributed by atoms with Crippen molar-refractivity contribution in [3.05, 3.63) is 69.9 Å². The summed E-state index contributed by atoms with van der Waals surface area (Å²) in [5.74, 6) is -2.38. The normalized spacial score (nSPS) is 17.4. The van der Waals surface area contributed by atoms with Gasteiger partial charge in [0.05, 0.1) is 23.8 Å². The van der Waals surface area contributed by atoms with Crippen LogP contribution in [0.2, 0.25) is 0 Å². The SMILES string of the molecule is CN1C(=O)c2c(O)c(=O)c(-c3cnn(Cc4ccc(F)cc4F)c3)cn2CC12CCOCC2. The highest BCUT2D eigenvalue weighted by molar-refractivity contribution is 5.96. The Morgan fingerprint density at radius 3 is 2.67 bits per heavy atom. The van der Waals surface area contributed by atoms with Gasteiger partial charge < -0.3 is 19.3 Å². The average Bonchev–Trinajstić information content (AvgIpc) is 3.25. The van der Waals surface area contributed by atoms with E-state index in [9.17, 15) is 23.5 Å². The molecular weight excluding hydrogens is 434 g/mol. The van der Waals surface area contributed by atoms with Crippen LogP contribution in [0.3, 0.4) is 0 Å². The van der Waals surface area contributed by atoms with Crippen molar-refractivity contribution in [2.45, 2.75) is 31.5 Å². The molecule has 0 aliphatic carbocycles. The number of aromatic nitrogens is 3. The lowest BCUT2D eigenvalue weighted by atomic mass is 9.85. The van der Waals surface area contributed by atoms with E-state index >= 15 is 0 Å². The number of amides is 1. The summed E-state index contributed by atoms with van der Waals surface area (Å²) in [4.78, 5) is 27.6. The van der Waals surface area contributed by atoms with Crippen LogP contribution in [0.25, 0.3) is 11.1 Å². The van der Waals surface area contributed by atoms with Crippen molar-refractivity contribution < 1.29 is 23.4 Å². The third kappa shape index (κ3) is 3.50. The molecule has 0 unspecified atom stereocenters. The van der Waals surface area contributed by atoms with Crippen LogP contribution in [0, 0.1) is 11.6 Å². The van der Waals surface area contributed by atoms with Gasteiger partial charge in [0.1, 0.15) is 11.6 Å². The Morgan fingerprint density at radius 2 is 1.94 bits per heavy atom. The average molecular weight is 456 g/mol. The molecule has 2 aliphatic heterocycles. The summed E-state index contributed by atoms with van der Waals surface area (Å²) in [7, 11) is 1.69. The molecule has 0 bridgehead atoms. The molecule has 1 aromatic carbocycles. The minimum Gasteiger partial charge on any atom is -0.503 e. The van der Waals surface area contributed by atoms with Crippen molar-refractivity contribution in [2.24, 2.45) is 0 Å². The molecule has 1 N–H and O–H groups in total. The van der Waals surface area contributed by atoms with Crippen molar-refractivity contribution in [3.63, 3.8) is 0 Å². The molecule has 0 atom stereocenters. The standard InChI is InChI=1S/C23H22F2N4O4/c1-27-22(32)19-21(31)20(30)17(12-28(19)13-23(27)4-6-33-7-5-23)15-9-26-29(11-15)10-14-2-3-16(24)8-18(14)25/h2-3,8-9,11-12,31H,4-7,10,13H2,1H3. The number of benzene rings is 1. The van der Waals surface area contributed by atoms with E-state index in [-0.39, 0.29) is 23.4 Å². The minimum absolute atomic E-state index is 0.0378. The topological polar surface area (TPSA) is 89.6 Å². The predicted molar refractivity (Wildman–Crippen MR) is 114 cm³/mol. The fourth-order valence-corrected chi connectivity index (χ4v) is 4.66. The van der Waals surface area contributed by atoms with Gasteiger partial charge >= 0.3 is 0 Å². The summed E-state index contributed by atoms with van der Waals surface area (Å²) in [6.07, 6.45) is 5.86. The van der Waals surface area contributed by atoms with Gasteiger partial charge in [-0.25, -0.2) is 8.78 Å². The summed E-state index contributed by atoms with van der Waals surface area (Å²) in [5, 5.41) is 14.8. The number of nitrogens with zero attached hydrogens (tertiary/aromatic N) is 4. The van der Waals surface area contributed by atoms with Crippen LogP contribution in [0.15, 0.2) is 41.6 Å². The van der Waals surface area contributed by atoms with E-state index in [1.165, 1.54) is 16.9 Å². The van der Waals surface area contributed by atoms with Gasteiger partial charge in [-0.05, 0) is 18.9 Å². The zero-order chi connectivity index (χ0) is 23.3. The molecule has 1 spiro atoms. The first-order valence-corrected chi connectivity index (χ1v) is 10.6. The lowest BCUT2D eigenvalue weighted by molar-refractivity contribution is -0.0266. The van der Waals surface area contributed by atoms with Crippen LogP contribution in [-0.2, 0) is 17.8 Å². The number of carbonyl (C=O) groups excluding carboxylic acids is 1. The Balaban J connectivity index is 1.52. The van der Waals surface area contributed by atoms with Crippen molar-refractivity contribution >= 4 is 5.91 Å². The van der Waals surface area contributed by atoms with Gasteiger partial charge in [-0.3, -0.25) is 14.3 Å². The molecular formula is C23H22F2N4O4. The second-order valence-electron chi connectivity index (χ2n) is 8.56. The molecule has 5 rings (SSSR count). The molecule has 33 heavy (non-hydrogen) atoms. The maximum absolute atomic E-state index is 14.0. The smallest absolute Gasteiger partial charge is 0.274 e. The minimum atomic E-state index is -0.692. The van der Waals surface area contributed by atoms with Gasteiger partial charge in [-0.2, -0.15) is 5.10 Å². The zero-order valence-corrected chi connectivity index (χ0v) is 17.9. The van der Waals surface area contributed by atoms with Crippen molar-refractivity contribution in [3.8, 4) is 16.9 Å². The third-order valence-electron chi connectivity index (χ3n) is 6.65. The highest BCUT2D eigenvalue weighted by Gasteiger charge is 2.45. The molecule has 1 fully saturated rings. The number of ether oxygens (including phenoxy) is 1. The number of carbonyl (C=O) groups is 1. The number of rotatable bonds is 3. The van der Waals surface area contributed by atoms with Gasteiger partial charge in [-0.1, -0.05) is 6.07 Å². The van der Waals surface area contributed by atoms with E-state index in [4.69, 9.17) is 4.74 Å². The van der Waals surface area contributed by atoms with Crippen LogP contribution in [-0.4, -0.2) is 56.1 Å². The van der Waals surface area contributed by atoms with Crippen LogP contribution >= 0.6 is 0 Å². The first kappa shape index (κ1) is 21.3. The number of aromatic hydroxyl groups is 1. The number of likely N-dealkylation sites (N-methyl/N-ethyl adjacent to an activating group) is 1. The quantitative estimate of drug-likeness (QED) is 0.654. The summed E-state index contributed by atoms with van der Waals surface area (Å²) in [6.45, 7) is 1.51. The summed E-state index contributed by atoms with van der Waals surface area (Å²) in [6, 6.07) is 3.30. The zero-order valence-electron chi connectivity index (χ0n) is 17.9. The third-order valence-corrected chi connectivity index (χ3v) is 6.65. The first-order chi connectivity index (χ1) is 15.8. The molecule has 172 valence electrons. The molecule has 0 radical (unpaired) electrons. The number of halogens is 2. The molecule has 0 saturated carbocycles. The highest BCUT2D eigenvalue weighted by atomic mass is 19.1. The molecule has 3 aromatic rings. The Bertz CT molecular complexity index is 1310. The number of fused-ring (bicyclic) bond motifs is 1. The molecule has 2 aromatic heterocycles. The van der Waals surface area contributed by atoms with Gasteiger partial charge in [0, 0.05) is 56.4 Å². The van der Waals surface area contributed by atoms with Gasteiger partial charge in [0.15, 0.2) is 11.4 Å². The second-order valence-corrected chi connectivity index (χ2v) is 8.56. The molecule has 4 heterocycles. The van der Waals surface area contributed by atoms with Crippen molar-refractivity contribution in [1.82, 2.24) is 19.2 Å². The van der Waals surface area contributed by atoms with Crippen LogP contribution in [0.5, 0.6) is 5.75 Å². The Labute approximate surface area is 187 Å². The fourth-order valence-electron chi connectivity index (χ4n) is 4.66. The summed E-state index contributed by atoms with van der Waals surface area (Å²) >= 11 is 0. The van der Waals surface area contributed by atoms with Crippen LogP contribution < -0.4 is 5.43 Å². The molecule has 2 aliphatic rings. The van der Waals surface area contributed by atoms with Crippen LogP contribution in [0.1, 0.15) is 28.9 Å². The Hall–Kier alpha value is -3.53. The summed E-state index contributed by atoms with van der Waals surface area (Å²) < 4.78 is 35.7. The van der Waals surface area contributed by atoms with Gasteiger partial charge in [0.25, 0.3) is 5.91 Å². The van der Waals surface area contributed by atoms with E-state index in [1.807, 2.05) is 0 Å². The van der Waals surface area contributed by atoms with E-state index in [1.54, 1.807) is 28.9 Å². The fraction of sp³-hybridized carbons (Fsp3) is 0.348. The lowest BCUT2D eigenvalue weighted by Crippen LogP contribution is -2.59. The van der Waals surface area contributed by atoms with Crippen LogP contribution in [0.4, 0.5) is 8.78 Å². The van der Waals surface area contributed by atoms with E-state index in [0.717, 1.165) is 12.1 Å². The van der Waals surface area contributed by atoms with Gasteiger partial charge in [0.2, 0.25) is 5.43 Å². The molecule has 1 amide bonds. The maximum Gasteiger partial charge on any atom is 0.274 e. The second kappa shape index (κ2) is 7.80. The van der Waals surface area contributed by atoms with Gasteiger partial charge in [-0.15, -0.1) is 0 Å². The molecule has 1 saturated heterocycles. The van der Waals surface area contributed by atoms with E-state index < -0.39 is 34.3 Å². The first-order valence-electron chi connectivity index (χ1n) is 10.6. The Morgan fingerprint density at radius 1 is 1.18 bits per heavy atom. The number of hydrogen-bond donors (Lipinski definition) is 1. The predicted octanol–water partition coefficient (Wildman–Crippen LogP) is 2.38. The summed E-state index contributed by atoms with van der Waals surface area (Å²) in [5.41, 5.74) is -0.332. The largest absolute Gasteiger partial charge is 0.503 e. The molecule has 8 nitrogen and oxygen atoms in total. The van der Waals surface area contributed by atoms with E-state index in [0.29, 0.717) is 38.2 Å². The maximum atomic E-state index is 14.0. The monoisotopic (exact) mass is 456 g/mol. The van der Waals surface area contributed by atoms with Crippen molar-refractivity contribution in [2.75, 3.05) is 20.3 Å². The highest BCUT2D eigenvalue weighted by Crippen LogP contribution is 2.36. The Kier molecular flexibility index (Phi) is 5.04.